The van der Waals surface area contributed by atoms with Gasteiger partial charge < -0.3 is 4.74 Å². The number of unbranched alkanes of at least 4 members (excludes halogenated alkanes) is 1. The van der Waals surface area contributed by atoms with E-state index in [1.165, 1.54) is 0 Å². The second kappa shape index (κ2) is 6.74. The van der Waals surface area contributed by atoms with Gasteiger partial charge in [0, 0.05) is 5.56 Å². The minimum atomic E-state index is 0.572. The van der Waals surface area contributed by atoms with E-state index >= 15 is 0 Å². The molecule has 0 heterocycles. The summed E-state index contributed by atoms with van der Waals surface area (Å²) < 4.78 is 5.62. The van der Waals surface area contributed by atoms with E-state index in [1.807, 2.05) is 42.7 Å². The Kier molecular flexibility index (Phi) is 4.73. The summed E-state index contributed by atoms with van der Waals surface area (Å²) in [6, 6.07) is 15.4. The van der Waals surface area contributed by atoms with Crippen LogP contribution in [0.4, 0.5) is 0 Å². The largest absolute Gasteiger partial charge is 0.494 e. The van der Waals surface area contributed by atoms with Gasteiger partial charge in [0.1, 0.15) is 5.75 Å². The molecule has 2 aromatic rings. The first-order valence-corrected chi connectivity index (χ1v) is 6.55. The number of benzene rings is 2. The number of hydrogen-bond donors (Lipinski definition) is 0. The van der Waals surface area contributed by atoms with Gasteiger partial charge in [-0.05, 0) is 29.7 Å². The lowest BCUT2D eigenvalue weighted by Gasteiger charge is -2.07. The molecule has 0 unspecified atom stereocenters. The summed E-state index contributed by atoms with van der Waals surface area (Å²) in [5, 5.41) is 0. The molecule has 0 spiro atoms. The lowest BCUT2D eigenvalue weighted by Crippen LogP contribution is -1.95. The molecule has 1 radical (unpaired) electrons. The van der Waals surface area contributed by atoms with Gasteiger partial charge in [-0.2, -0.15) is 0 Å². The highest BCUT2D eigenvalue weighted by Crippen LogP contribution is 2.22. The third-order valence-corrected chi connectivity index (χ3v) is 2.96. The molecule has 0 saturated carbocycles. The first-order chi connectivity index (χ1) is 9.33. The maximum Gasteiger partial charge on any atom is 0.233 e. The predicted octanol–water partition coefficient (Wildman–Crippen LogP) is 3.99. The van der Waals surface area contributed by atoms with Crippen LogP contribution >= 0.6 is 0 Å². The van der Waals surface area contributed by atoms with Crippen LogP contribution in [0.25, 0.3) is 11.1 Å². The number of carbonyl (C=O) groups excluding carboxylic acids is 1. The van der Waals surface area contributed by atoms with Crippen molar-refractivity contribution in [2.45, 2.75) is 19.8 Å². The molecule has 0 N–H and O–H groups in total. The maximum absolute atomic E-state index is 10.5. The fraction of sp³-hybridized carbons (Fsp3) is 0.235. The van der Waals surface area contributed by atoms with Gasteiger partial charge in [0.25, 0.3) is 0 Å². The Hall–Kier alpha value is -2.09. The van der Waals surface area contributed by atoms with Gasteiger partial charge in [-0.1, -0.05) is 49.7 Å². The van der Waals surface area contributed by atoms with E-state index in [4.69, 9.17) is 4.74 Å². The van der Waals surface area contributed by atoms with E-state index in [2.05, 4.69) is 6.92 Å². The van der Waals surface area contributed by atoms with Crippen molar-refractivity contribution >= 4 is 6.29 Å². The van der Waals surface area contributed by atoms with Crippen LogP contribution in [-0.4, -0.2) is 12.9 Å². The molecule has 2 rings (SSSR count). The Bertz CT molecular complexity index is 512. The molecule has 0 aliphatic carbocycles. The molecule has 0 fully saturated rings. The summed E-state index contributed by atoms with van der Waals surface area (Å²) in [6.45, 7) is 2.91. The van der Waals surface area contributed by atoms with Crippen molar-refractivity contribution in [2.24, 2.45) is 0 Å². The van der Waals surface area contributed by atoms with Crippen molar-refractivity contribution in [1.82, 2.24) is 0 Å². The second-order valence-corrected chi connectivity index (χ2v) is 4.41. The van der Waals surface area contributed by atoms with Gasteiger partial charge in [0.2, 0.25) is 6.29 Å². The van der Waals surface area contributed by atoms with Gasteiger partial charge >= 0.3 is 0 Å². The zero-order chi connectivity index (χ0) is 13.5. The van der Waals surface area contributed by atoms with Crippen LogP contribution < -0.4 is 4.74 Å². The van der Waals surface area contributed by atoms with Gasteiger partial charge in [0.15, 0.2) is 0 Å². The molecule has 2 aromatic carbocycles. The Balaban J connectivity index is 2.06. The van der Waals surface area contributed by atoms with E-state index < -0.39 is 0 Å². The number of hydrogen-bond acceptors (Lipinski definition) is 2. The molecule has 0 bridgehead atoms. The molecule has 0 aliphatic rings. The first kappa shape index (κ1) is 13.3. The molecule has 2 heteroatoms. The minimum absolute atomic E-state index is 0.572. The average Bonchev–Trinajstić information content (AvgIpc) is 2.48. The lowest BCUT2D eigenvalue weighted by atomic mass is 10.0. The summed E-state index contributed by atoms with van der Waals surface area (Å²) in [5.41, 5.74) is 2.77. The minimum Gasteiger partial charge on any atom is -0.494 e. The van der Waals surface area contributed by atoms with Crippen LogP contribution in [0.15, 0.2) is 48.5 Å². The van der Waals surface area contributed by atoms with Gasteiger partial charge in [-0.25, -0.2) is 0 Å². The monoisotopic (exact) mass is 253 g/mol. The molecule has 0 saturated heterocycles. The smallest absolute Gasteiger partial charge is 0.233 e. The van der Waals surface area contributed by atoms with Crippen molar-refractivity contribution in [3.8, 4) is 16.9 Å². The van der Waals surface area contributed by atoms with Crippen molar-refractivity contribution in [2.75, 3.05) is 6.61 Å². The Morgan fingerprint density at radius 3 is 2.05 bits per heavy atom. The molecule has 19 heavy (non-hydrogen) atoms. The molecule has 0 atom stereocenters. The first-order valence-electron chi connectivity index (χ1n) is 6.55. The molecular formula is C17H17O2. The third kappa shape index (κ3) is 3.68. The fourth-order valence-corrected chi connectivity index (χ4v) is 1.81. The molecule has 0 aliphatic heterocycles. The van der Waals surface area contributed by atoms with Crippen molar-refractivity contribution in [3.63, 3.8) is 0 Å². The van der Waals surface area contributed by atoms with Gasteiger partial charge in [0.05, 0.1) is 6.61 Å². The van der Waals surface area contributed by atoms with Crippen molar-refractivity contribution in [1.29, 1.82) is 0 Å². The van der Waals surface area contributed by atoms with Crippen LogP contribution in [0.5, 0.6) is 5.75 Å². The van der Waals surface area contributed by atoms with Gasteiger partial charge in [-0.3, -0.25) is 4.79 Å². The second-order valence-electron chi connectivity index (χ2n) is 4.41. The average molecular weight is 253 g/mol. The Morgan fingerprint density at radius 2 is 1.53 bits per heavy atom. The summed E-state index contributed by atoms with van der Waals surface area (Å²) in [6.07, 6.45) is 4.09. The van der Waals surface area contributed by atoms with Crippen molar-refractivity contribution < 1.29 is 9.53 Å². The quantitative estimate of drug-likeness (QED) is 0.728. The fourth-order valence-electron chi connectivity index (χ4n) is 1.81. The van der Waals surface area contributed by atoms with E-state index in [9.17, 15) is 4.79 Å². The van der Waals surface area contributed by atoms with E-state index in [0.717, 1.165) is 36.3 Å². The molecule has 0 aromatic heterocycles. The lowest BCUT2D eigenvalue weighted by molar-refractivity contribution is 0.309. The predicted molar refractivity (Wildman–Crippen MR) is 77.1 cm³/mol. The summed E-state index contributed by atoms with van der Waals surface area (Å²) in [4.78, 5) is 10.5. The van der Waals surface area contributed by atoms with Crippen molar-refractivity contribution in [3.05, 3.63) is 54.1 Å². The molecule has 2 nitrogen and oxygen atoms in total. The van der Waals surface area contributed by atoms with Gasteiger partial charge in [-0.15, -0.1) is 0 Å². The van der Waals surface area contributed by atoms with Crippen LogP contribution in [0.2, 0.25) is 0 Å². The topological polar surface area (TPSA) is 26.3 Å². The Labute approximate surface area is 114 Å². The summed E-state index contributed by atoms with van der Waals surface area (Å²) in [7, 11) is 0. The summed E-state index contributed by atoms with van der Waals surface area (Å²) in [5.74, 6) is 0.898. The molecule has 97 valence electrons. The highest BCUT2D eigenvalue weighted by molar-refractivity contribution is 5.77. The van der Waals surface area contributed by atoms with E-state index in [1.54, 1.807) is 12.1 Å². The van der Waals surface area contributed by atoms with E-state index in [-0.39, 0.29) is 0 Å². The van der Waals surface area contributed by atoms with Crippen LogP contribution in [-0.2, 0) is 4.79 Å². The van der Waals surface area contributed by atoms with Crippen LogP contribution in [0.1, 0.15) is 25.3 Å². The molecule has 0 amide bonds. The SMILES string of the molecule is CCCCOc1ccc(-c2ccc([C]=O)cc2)cc1. The zero-order valence-electron chi connectivity index (χ0n) is 11.1. The third-order valence-electron chi connectivity index (χ3n) is 2.96. The number of ether oxygens (including phenoxy) is 1. The van der Waals surface area contributed by atoms with Crippen LogP contribution in [0.3, 0.4) is 0 Å². The van der Waals surface area contributed by atoms with Crippen LogP contribution in [0, 0.1) is 0 Å². The maximum atomic E-state index is 10.5. The number of rotatable bonds is 6. The molecular weight excluding hydrogens is 236 g/mol. The highest BCUT2D eigenvalue weighted by Gasteiger charge is 1.99. The van der Waals surface area contributed by atoms with E-state index in [0.29, 0.717) is 5.56 Å². The normalized spacial score (nSPS) is 10.2. The Morgan fingerprint density at radius 1 is 0.947 bits per heavy atom. The summed E-state index contributed by atoms with van der Waals surface area (Å²) >= 11 is 0. The standard InChI is InChI=1S/C17H17O2/c1-2-3-12-19-17-10-8-16(9-11-17)15-6-4-14(13-18)5-7-15/h4-11H,2-3,12H2,1H3. The highest BCUT2D eigenvalue weighted by atomic mass is 16.5. The zero-order valence-corrected chi connectivity index (χ0v) is 11.1.